The van der Waals surface area contributed by atoms with Crippen LogP contribution < -0.4 is 5.32 Å². The van der Waals surface area contributed by atoms with E-state index in [0.717, 1.165) is 26.1 Å². The molecule has 0 aromatic rings. The van der Waals surface area contributed by atoms with E-state index in [1.165, 1.54) is 17.7 Å². The molecule has 2 aliphatic heterocycles. The Balaban J connectivity index is 1.80. The predicted molar refractivity (Wildman–Crippen MR) is 70.8 cm³/mol. The van der Waals surface area contributed by atoms with Gasteiger partial charge in [-0.05, 0) is 25.9 Å². The lowest BCUT2D eigenvalue weighted by atomic mass is 10.0. The molecule has 0 spiro atoms. The van der Waals surface area contributed by atoms with Gasteiger partial charge in [-0.2, -0.15) is 0 Å². The predicted octanol–water partition coefficient (Wildman–Crippen LogP) is 0.429. The highest BCUT2D eigenvalue weighted by molar-refractivity contribution is 5.94. The Hall–Kier alpha value is -1.14. The van der Waals surface area contributed by atoms with Crippen LogP contribution in [0.5, 0.6) is 0 Å². The molecule has 1 atom stereocenters. The minimum atomic E-state index is -0.503. The Kier molecular flexibility index (Phi) is 5.15. The van der Waals surface area contributed by atoms with Crippen LogP contribution in [0, 0.1) is 0 Å². The largest absolute Gasteiger partial charge is 0.447 e. The smallest absolute Gasteiger partial charge is 0.416 e. The summed E-state index contributed by atoms with van der Waals surface area (Å²) in [5, 5.41) is 3.48. The number of ether oxygens (including phenoxy) is 1. The first-order valence-electron chi connectivity index (χ1n) is 7.13. The van der Waals surface area contributed by atoms with Crippen LogP contribution in [0.4, 0.5) is 4.79 Å². The van der Waals surface area contributed by atoms with E-state index in [1.807, 2.05) is 6.92 Å². The second-order valence-electron chi connectivity index (χ2n) is 5.13. The molecule has 2 fully saturated rings. The standard InChI is InChI=1S/C13H23N3O3/c1-2-15(9-11-5-3-4-6-14-11)10-12(17)16-7-8-19-13(16)18/h11,14H,2-10H2,1H3. The van der Waals surface area contributed by atoms with Crippen LogP contribution in [0.15, 0.2) is 0 Å². The van der Waals surface area contributed by atoms with Gasteiger partial charge in [-0.3, -0.25) is 9.69 Å². The second kappa shape index (κ2) is 6.86. The molecule has 19 heavy (non-hydrogen) atoms. The van der Waals surface area contributed by atoms with Gasteiger partial charge in [0, 0.05) is 12.6 Å². The van der Waals surface area contributed by atoms with Crippen molar-refractivity contribution in [2.75, 3.05) is 39.3 Å². The number of piperidine rings is 1. The van der Waals surface area contributed by atoms with Crippen molar-refractivity contribution in [3.05, 3.63) is 0 Å². The molecule has 0 saturated carbocycles. The third kappa shape index (κ3) is 3.91. The first-order chi connectivity index (χ1) is 9.20. The summed E-state index contributed by atoms with van der Waals surface area (Å²) < 4.78 is 4.79. The Bertz CT molecular complexity index is 329. The summed E-state index contributed by atoms with van der Waals surface area (Å²) in [6.45, 7) is 5.78. The summed E-state index contributed by atoms with van der Waals surface area (Å²) in [7, 11) is 0. The summed E-state index contributed by atoms with van der Waals surface area (Å²) >= 11 is 0. The van der Waals surface area contributed by atoms with Crippen molar-refractivity contribution >= 4 is 12.0 Å². The minimum Gasteiger partial charge on any atom is -0.447 e. The Morgan fingerprint density at radius 2 is 2.37 bits per heavy atom. The monoisotopic (exact) mass is 269 g/mol. The Morgan fingerprint density at radius 1 is 1.53 bits per heavy atom. The van der Waals surface area contributed by atoms with Gasteiger partial charge < -0.3 is 10.1 Å². The quantitative estimate of drug-likeness (QED) is 0.784. The zero-order valence-electron chi connectivity index (χ0n) is 11.6. The molecule has 2 rings (SSSR count). The van der Waals surface area contributed by atoms with Gasteiger partial charge in [-0.1, -0.05) is 13.3 Å². The van der Waals surface area contributed by atoms with Gasteiger partial charge in [0.05, 0.1) is 13.1 Å². The normalized spacial score (nSPS) is 23.8. The number of rotatable bonds is 5. The number of nitrogens with one attached hydrogen (secondary N) is 1. The number of hydrogen-bond donors (Lipinski definition) is 1. The summed E-state index contributed by atoms with van der Waals surface area (Å²) in [6, 6.07) is 0.465. The van der Waals surface area contributed by atoms with Crippen LogP contribution in [-0.2, 0) is 9.53 Å². The van der Waals surface area contributed by atoms with Crippen molar-refractivity contribution in [3.63, 3.8) is 0 Å². The van der Waals surface area contributed by atoms with Gasteiger partial charge in [0.2, 0.25) is 5.91 Å². The van der Waals surface area contributed by atoms with E-state index in [1.54, 1.807) is 0 Å². The van der Waals surface area contributed by atoms with Gasteiger partial charge in [-0.15, -0.1) is 0 Å². The molecule has 2 amide bonds. The van der Waals surface area contributed by atoms with Crippen LogP contribution in [0.25, 0.3) is 0 Å². The van der Waals surface area contributed by atoms with Crippen molar-refractivity contribution < 1.29 is 14.3 Å². The Labute approximate surface area is 114 Å². The van der Waals surface area contributed by atoms with E-state index >= 15 is 0 Å². The fourth-order valence-corrected chi connectivity index (χ4v) is 2.59. The van der Waals surface area contributed by atoms with Gasteiger partial charge in [0.15, 0.2) is 0 Å². The van der Waals surface area contributed by atoms with Crippen molar-refractivity contribution in [3.8, 4) is 0 Å². The first-order valence-corrected chi connectivity index (χ1v) is 7.13. The van der Waals surface area contributed by atoms with Crippen LogP contribution in [-0.4, -0.2) is 67.2 Å². The molecule has 0 aromatic heterocycles. The van der Waals surface area contributed by atoms with Crippen molar-refractivity contribution in [1.29, 1.82) is 0 Å². The lowest BCUT2D eigenvalue weighted by Crippen LogP contribution is -2.47. The number of hydrogen-bond acceptors (Lipinski definition) is 5. The number of carbonyl (C=O) groups is 2. The third-order valence-electron chi connectivity index (χ3n) is 3.76. The molecule has 2 saturated heterocycles. The number of imide groups is 1. The fraction of sp³-hybridized carbons (Fsp3) is 0.846. The fourth-order valence-electron chi connectivity index (χ4n) is 2.59. The van der Waals surface area contributed by atoms with Gasteiger partial charge in [-0.25, -0.2) is 9.69 Å². The number of cyclic esters (lactones) is 1. The average Bonchev–Trinajstić information content (AvgIpc) is 2.85. The molecule has 108 valence electrons. The maximum Gasteiger partial charge on any atom is 0.416 e. The summed E-state index contributed by atoms with van der Waals surface area (Å²) in [6.07, 6.45) is 3.15. The van der Waals surface area contributed by atoms with Crippen LogP contribution in [0.3, 0.4) is 0 Å². The summed E-state index contributed by atoms with van der Waals surface area (Å²) in [5.41, 5.74) is 0. The van der Waals surface area contributed by atoms with Crippen LogP contribution >= 0.6 is 0 Å². The number of carbonyl (C=O) groups excluding carboxylic acids is 2. The highest BCUT2D eigenvalue weighted by Crippen LogP contribution is 2.09. The third-order valence-corrected chi connectivity index (χ3v) is 3.76. The molecule has 6 heteroatoms. The molecule has 0 aliphatic carbocycles. The highest BCUT2D eigenvalue weighted by Gasteiger charge is 2.29. The molecule has 1 unspecified atom stereocenters. The lowest BCUT2D eigenvalue weighted by molar-refractivity contribution is -0.129. The topological polar surface area (TPSA) is 61.9 Å². The molecular weight excluding hydrogens is 246 g/mol. The van der Waals surface area contributed by atoms with E-state index in [9.17, 15) is 9.59 Å². The van der Waals surface area contributed by atoms with Gasteiger partial charge in [0.25, 0.3) is 0 Å². The molecule has 6 nitrogen and oxygen atoms in total. The molecule has 1 N–H and O–H groups in total. The first kappa shape index (κ1) is 14.3. The van der Waals surface area contributed by atoms with E-state index in [4.69, 9.17) is 4.74 Å². The van der Waals surface area contributed by atoms with Crippen molar-refractivity contribution in [2.24, 2.45) is 0 Å². The second-order valence-corrected chi connectivity index (χ2v) is 5.13. The van der Waals surface area contributed by atoms with Crippen molar-refractivity contribution in [1.82, 2.24) is 15.1 Å². The van der Waals surface area contributed by atoms with Crippen molar-refractivity contribution in [2.45, 2.75) is 32.2 Å². The number of likely N-dealkylation sites (N-methyl/N-ethyl adjacent to an activating group) is 1. The maximum atomic E-state index is 12.0. The maximum absolute atomic E-state index is 12.0. The van der Waals surface area contributed by atoms with Gasteiger partial charge in [0.1, 0.15) is 6.61 Å². The Morgan fingerprint density at radius 3 is 2.95 bits per heavy atom. The molecular formula is C13H23N3O3. The number of nitrogens with zero attached hydrogens (tertiary/aromatic N) is 2. The SMILES string of the molecule is CCN(CC(=O)N1CCOC1=O)CC1CCCCN1. The molecule has 2 heterocycles. The zero-order valence-corrected chi connectivity index (χ0v) is 11.6. The minimum absolute atomic E-state index is 0.153. The van der Waals surface area contributed by atoms with E-state index in [2.05, 4.69) is 10.2 Å². The lowest BCUT2D eigenvalue weighted by Gasteiger charge is -2.30. The van der Waals surface area contributed by atoms with Crippen LogP contribution in [0.2, 0.25) is 0 Å². The van der Waals surface area contributed by atoms with Crippen LogP contribution in [0.1, 0.15) is 26.2 Å². The van der Waals surface area contributed by atoms with E-state index < -0.39 is 6.09 Å². The molecule has 0 bridgehead atoms. The molecule has 0 aromatic carbocycles. The molecule has 2 aliphatic rings. The average molecular weight is 269 g/mol. The summed E-state index contributed by atoms with van der Waals surface area (Å²) in [5.74, 6) is -0.153. The summed E-state index contributed by atoms with van der Waals surface area (Å²) in [4.78, 5) is 26.7. The van der Waals surface area contributed by atoms with E-state index in [0.29, 0.717) is 25.7 Å². The number of amides is 2. The molecule has 0 radical (unpaired) electrons. The van der Waals surface area contributed by atoms with Gasteiger partial charge >= 0.3 is 6.09 Å². The van der Waals surface area contributed by atoms with E-state index in [-0.39, 0.29) is 5.91 Å². The highest BCUT2D eigenvalue weighted by atomic mass is 16.6. The zero-order chi connectivity index (χ0) is 13.7.